The van der Waals surface area contributed by atoms with Gasteiger partial charge in [0.1, 0.15) is 0 Å². The van der Waals surface area contributed by atoms with Crippen molar-refractivity contribution in [3.8, 4) is 0 Å². The number of hydrogen-bond donors (Lipinski definition) is 0. The lowest BCUT2D eigenvalue weighted by Gasteiger charge is -2.37. The summed E-state index contributed by atoms with van der Waals surface area (Å²) >= 11 is 12.6. The maximum Gasteiger partial charge on any atom is 0.173 e. The molecule has 0 bridgehead atoms. The molecule has 0 aromatic carbocycles. The summed E-state index contributed by atoms with van der Waals surface area (Å²) in [4.78, 5) is 0. The van der Waals surface area contributed by atoms with E-state index in [4.69, 9.17) is 27.3 Å². The van der Waals surface area contributed by atoms with Crippen LogP contribution in [-0.2, 0) is 4.12 Å². The molecular formula is C22H44Cl2OSi2. The Balaban J connectivity index is 4.70. The number of alkyl halides is 2. The second kappa shape index (κ2) is 13.6. The topological polar surface area (TPSA) is 9.23 Å². The van der Waals surface area contributed by atoms with E-state index in [2.05, 4.69) is 66.0 Å². The molecule has 0 spiro atoms. The van der Waals surface area contributed by atoms with Gasteiger partial charge in [-0.3, -0.25) is 0 Å². The maximum absolute atomic E-state index is 6.87. The summed E-state index contributed by atoms with van der Waals surface area (Å²) in [7, 11) is -3.45. The second-order valence-electron chi connectivity index (χ2n) is 9.79. The van der Waals surface area contributed by atoms with Crippen LogP contribution in [0, 0.1) is 11.8 Å². The van der Waals surface area contributed by atoms with E-state index in [0.717, 1.165) is 36.7 Å². The van der Waals surface area contributed by atoms with Crippen molar-refractivity contribution in [2.45, 2.75) is 91.7 Å². The average Bonchev–Trinajstić information content (AvgIpc) is 2.50. The van der Waals surface area contributed by atoms with Gasteiger partial charge in [-0.2, -0.15) is 0 Å². The molecule has 0 aromatic rings. The van der Waals surface area contributed by atoms with E-state index in [0.29, 0.717) is 11.8 Å². The van der Waals surface area contributed by atoms with E-state index < -0.39 is 16.6 Å². The molecule has 0 N–H and O–H groups in total. The fourth-order valence-corrected chi connectivity index (χ4v) is 14.9. The molecule has 0 saturated carbocycles. The molecule has 2 unspecified atom stereocenters. The Morgan fingerprint density at radius 1 is 0.741 bits per heavy atom. The fraction of sp³-hybridized carbons (Fsp3) is 0.818. The quantitative estimate of drug-likeness (QED) is 0.146. The maximum atomic E-state index is 6.87. The van der Waals surface area contributed by atoms with Gasteiger partial charge in [0.05, 0.1) is 0 Å². The summed E-state index contributed by atoms with van der Waals surface area (Å²) in [6.45, 7) is 18.2. The highest BCUT2D eigenvalue weighted by Gasteiger charge is 2.36. The zero-order valence-corrected chi connectivity index (χ0v) is 22.6. The predicted molar refractivity (Wildman–Crippen MR) is 131 cm³/mol. The Morgan fingerprint density at radius 2 is 1.07 bits per heavy atom. The lowest BCUT2D eigenvalue weighted by Crippen LogP contribution is -2.46. The van der Waals surface area contributed by atoms with Gasteiger partial charge in [0.2, 0.25) is 0 Å². The van der Waals surface area contributed by atoms with Crippen LogP contribution in [0.15, 0.2) is 23.3 Å². The Kier molecular flexibility index (Phi) is 13.9. The molecule has 2 atom stereocenters. The van der Waals surface area contributed by atoms with E-state index in [1.54, 1.807) is 0 Å². The van der Waals surface area contributed by atoms with Crippen molar-refractivity contribution in [2.75, 3.05) is 11.8 Å². The van der Waals surface area contributed by atoms with Crippen LogP contribution < -0.4 is 0 Å². The van der Waals surface area contributed by atoms with Gasteiger partial charge in [0.15, 0.2) is 16.6 Å². The van der Waals surface area contributed by atoms with Crippen LogP contribution in [0.25, 0.3) is 0 Å². The number of rotatable bonds is 14. The minimum absolute atomic E-state index is 0.565. The third-order valence-electron chi connectivity index (χ3n) is 4.80. The summed E-state index contributed by atoms with van der Waals surface area (Å²) in [5, 5.41) is 0. The average molecular weight is 452 g/mol. The SMILES string of the molecule is CC(C)=CCCC(CCl)C[Si](C)(C)O[Si](C)(C)CC(CCl)CCC=C(C)C. The van der Waals surface area contributed by atoms with Crippen LogP contribution in [0.2, 0.25) is 38.3 Å². The summed E-state index contributed by atoms with van der Waals surface area (Å²) in [5.41, 5.74) is 2.79. The zero-order chi connectivity index (χ0) is 21.1. The van der Waals surface area contributed by atoms with Crippen molar-refractivity contribution in [1.82, 2.24) is 0 Å². The van der Waals surface area contributed by atoms with Crippen LogP contribution in [0.1, 0.15) is 53.4 Å². The van der Waals surface area contributed by atoms with Gasteiger partial charge in [-0.05, 0) is 103 Å². The van der Waals surface area contributed by atoms with Crippen LogP contribution in [0.4, 0.5) is 0 Å². The summed E-state index contributed by atoms with van der Waals surface area (Å²) in [5.74, 6) is 2.61. The normalized spacial score (nSPS) is 14.6. The first kappa shape index (κ1) is 27.5. The predicted octanol–water partition coefficient (Wildman–Crippen LogP) is 8.62. The largest absolute Gasteiger partial charge is 0.455 e. The molecule has 27 heavy (non-hydrogen) atoms. The Morgan fingerprint density at radius 3 is 1.33 bits per heavy atom. The van der Waals surface area contributed by atoms with Crippen molar-refractivity contribution in [3.63, 3.8) is 0 Å². The van der Waals surface area contributed by atoms with E-state index in [-0.39, 0.29) is 0 Å². The van der Waals surface area contributed by atoms with E-state index in [1.165, 1.54) is 24.0 Å². The highest BCUT2D eigenvalue weighted by molar-refractivity contribution is 6.84. The Hall–Kier alpha value is 0.454. The molecule has 0 radical (unpaired) electrons. The van der Waals surface area contributed by atoms with Crippen molar-refractivity contribution in [1.29, 1.82) is 0 Å². The van der Waals surface area contributed by atoms with E-state index in [9.17, 15) is 0 Å². The Bertz CT molecular complexity index is 423. The first-order chi connectivity index (χ1) is 12.4. The van der Waals surface area contributed by atoms with E-state index >= 15 is 0 Å². The first-order valence-corrected chi connectivity index (χ1v) is 17.8. The zero-order valence-electron chi connectivity index (χ0n) is 19.1. The Labute approximate surface area is 182 Å². The molecule has 0 amide bonds. The van der Waals surface area contributed by atoms with Gasteiger partial charge in [-0.25, -0.2) is 0 Å². The molecule has 0 fully saturated rings. The lowest BCUT2D eigenvalue weighted by atomic mass is 10.1. The molecule has 0 saturated heterocycles. The molecule has 1 nitrogen and oxygen atoms in total. The van der Waals surface area contributed by atoms with Gasteiger partial charge in [-0.15, -0.1) is 23.2 Å². The summed E-state index contributed by atoms with van der Waals surface area (Å²) in [6.07, 6.45) is 9.25. The van der Waals surface area contributed by atoms with Crippen LogP contribution in [0.5, 0.6) is 0 Å². The van der Waals surface area contributed by atoms with Gasteiger partial charge in [0.25, 0.3) is 0 Å². The number of hydrogen-bond acceptors (Lipinski definition) is 1. The highest BCUT2D eigenvalue weighted by Crippen LogP contribution is 2.31. The van der Waals surface area contributed by atoms with Gasteiger partial charge < -0.3 is 4.12 Å². The minimum Gasteiger partial charge on any atom is -0.455 e. The standard InChI is InChI=1S/C22H44Cl2OSi2/c1-19(2)11-9-13-21(15-23)17-26(5,6)25-27(7,8)18-22(16-24)14-10-12-20(3)4/h11-12,21-22H,9-10,13-18H2,1-8H3. The number of halogens is 2. The lowest BCUT2D eigenvalue weighted by molar-refractivity contribution is 0.479. The molecule has 0 aromatic heterocycles. The van der Waals surface area contributed by atoms with Crippen molar-refractivity contribution < 1.29 is 4.12 Å². The van der Waals surface area contributed by atoms with E-state index in [1.807, 2.05) is 0 Å². The monoisotopic (exact) mass is 450 g/mol. The molecular weight excluding hydrogens is 407 g/mol. The third-order valence-corrected chi connectivity index (χ3v) is 13.2. The second-order valence-corrected chi connectivity index (χ2v) is 19.1. The smallest absolute Gasteiger partial charge is 0.173 e. The first-order valence-electron chi connectivity index (χ1n) is 10.5. The third kappa shape index (κ3) is 15.0. The minimum atomic E-state index is -1.73. The van der Waals surface area contributed by atoms with Crippen molar-refractivity contribution >= 4 is 39.8 Å². The number of allylic oxidation sites excluding steroid dienone is 4. The highest BCUT2D eigenvalue weighted by atomic mass is 35.5. The van der Waals surface area contributed by atoms with Gasteiger partial charge >= 0.3 is 0 Å². The van der Waals surface area contributed by atoms with Crippen molar-refractivity contribution in [2.24, 2.45) is 11.8 Å². The van der Waals surface area contributed by atoms with Crippen molar-refractivity contribution in [3.05, 3.63) is 23.3 Å². The van der Waals surface area contributed by atoms with Crippen LogP contribution in [-0.4, -0.2) is 28.4 Å². The molecule has 0 heterocycles. The molecule has 0 rings (SSSR count). The summed E-state index contributed by atoms with van der Waals surface area (Å²) in [6, 6.07) is 2.32. The molecule has 0 aliphatic heterocycles. The van der Waals surface area contributed by atoms with Crippen LogP contribution in [0.3, 0.4) is 0 Å². The van der Waals surface area contributed by atoms with Crippen LogP contribution >= 0.6 is 23.2 Å². The summed E-state index contributed by atoms with van der Waals surface area (Å²) < 4.78 is 6.87. The van der Waals surface area contributed by atoms with Gasteiger partial charge in [0, 0.05) is 11.8 Å². The van der Waals surface area contributed by atoms with Gasteiger partial charge in [-0.1, -0.05) is 23.3 Å². The molecule has 0 aliphatic carbocycles. The molecule has 160 valence electrons. The fourth-order valence-electron chi connectivity index (χ4n) is 3.90. The molecule has 5 heteroatoms. The molecule has 0 aliphatic rings.